The monoisotopic (exact) mass is 555 g/mol. The second kappa shape index (κ2) is 13.3. The lowest BCUT2D eigenvalue weighted by Gasteiger charge is -2.24. The molecule has 2 saturated heterocycles. The summed E-state index contributed by atoms with van der Waals surface area (Å²) in [5.74, 6) is 0. The van der Waals surface area contributed by atoms with Crippen LogP contribution in [0.3, 0.4) is 0 Å². The predicted octanol–water partition coefficient (Wildman–Crippen LogP) is 6.36. The lowest BCUT2D eigenvalue weighted by molar-refractivity contribution is -0.384. The van der Waals surface area contributed by atoms with Crippen LogP contribution >= 0.6 is 24.8 Å². The lowest BCUT2D eigenvalue weighted by atomic mass is 9.86. The number of non-ortho nitro benzene ring substituents is 1. The number of hydrogen-bond donors (Lipinski definition) is 2. The average Bonchev–Trinajstić information content (AvgIpc) is 3.57. The van der Waals surface area contributed by atoms with Crippen molar-refractivity contribution in [3.05, 3.63) is 106 Å². The topological polar surface area (TPSA) is 78.6 Å². The number of halogens is 2. The molecule has 38 heavy (non-hydrogen) atoms. The molecule has 3 aromatic rings. The van der Waals surface area contributed by atoms with Gasteiger partial charge in [0.05, 0.1) is 4.92 Å². The number of nitrogens with one attached hydrogen (secondary N) is 1. The first-order valence-corrected chi connectivity index (χ1v) is 12.8. The number of allylic oxidation sites excluding steroid dienone is 1. The summed E-state index contributed by atoms with van der Waals surface area (Å²) < 4.78 is 0. The van der Waals surface area contributed by atoms with E-state index in [0.717, 1.165) is 54.0 Å². The second-order valence-corrected chi connectivity index (χ2v) is 10.00. The van der Waals surface area contributed by atoms with Gasteiger partial charge in [0.25, 0.3) is 5.69 Å². The number of aliphatic hydroxyl groups is 1. The van der Waals surface area contributed by atoms with Gasteiger partial charge in [0, 0.05) is 49.5 Å². The van der Waals surface area contributed by atoms with Crippen molar-refractivity contribution in [3.63, 3.8) is 0 Å². The third kappa shape index (κ3) is 6.38. The Morgan fingerprint density at radius 2 is 1.58 bits per heavy atom. The SMILES string of the molecule is Cl.Cl.O=[N+]([O-])c1ccc(/C(=C(\CCCO)c2ccccc2)c2ccc(N3CCC4(CCNC4)C3)cc2)cc1. The van der Waals surface area contributed by atoms with Crippen LogP contribution < -0.4 is 10.2 Å². The van der Waals surface area contributed by atoms with E-state index in [2.05, 4.69) is 46.6 Å². The van der Waals surface area contributed by atoms with Crippen molar-refractivity contribution in [1.29, 1.82) is 0 Å². The van der Waals surface area contributed by atoms with Gasteiger partial charge >= 0.3 is 0 Å². The van der Waals surface area contributed by atoms with Crippen LogP contribution in [0.25, 0.3) is 11.1 Å². The number of hydrogen-bond acceptors (Lipinski definition) is 5. The van der Waals surface area contributed by atoms with Crippen molar-refractivity contribution in [2.24, 2.45) is 5.41 Å². The highest BCUT2D eigenvalue weighted by Crippen LogP contribution is 2.40. The molecule has 0 aromatic heterocycles. The number of benzene rings is 3. The quantitative estimate of drug-likeness (QED) is 0.192. The van der Waals surface area contributed by atoms with E-state index in [9.17, 15) is 15.2 Å². The van der Waals surface area contributed by atoms with Crippen LogP contribution in [0.1, 0.15) is 42.4 Å². The molecule has 2 aliphatic heterocycles. The number of nitro groups is 1. The summed E-state index contributed by atoms with van der Waals surface area (Å²) in [7, 11) is 0. The first-order chi connectivity index (χ1) is 17.6. The maximum atomic E-state index is 11.3. The minimum atomic E-state index is -0.367. The number of nitro benzene ring substituents is 1. The van der Waals surface area contributed by atoms with E-state index in [1.54, 1.807) is 12.1 Å². The summed E-state index contributed by atoms with van der Waals surface area (Å²) in [6, 6.07) is 25.8. The zero-order valence-corrected chi connectivity index (χ0v) is 23.0. The van der Waals surface area contributed by atoms with Gasteiger partial charge in [0.2, 0.25) is 0 Å². The molecule has 5 rings (SSSR count). The zero-order chi connectivity index (χ0) is 25.0. The molecule has 0 aliphatic carbocycles. The number of nitrogens with zero attached hydrogens (tertiary/aromatic N) is 2. The van der Waals surface area contributed by atoms with E-state index in [4.69, 9.17) is 0 Å². The van der Waals surface area contributed by atoms with Gasteiger partial charge in [-0.25, -0.2) is 0 Å². The van der Waals surface area contributed by atoms with Gasteiger partial charge in [-0.2, -0.15) is 0 Å². The van der Waals surface area contributed by atoms with Gasteiger partial charge in [0.15, 0.2) is 0 Å². The lowest BCUT2D eigenvalue weighted by Crippen LogP contribution is -2.29. The van der Waals surface area contributed by atoms with Crippen LogP contribution in [0.15, 0.2) is 78.9 Å². The van der Waals surface area contributed by atoms with Gasteiger partial charge in [-0.05, 0) is 84.3 Å². The van der Waals surface area contributed by atoms with Crippen LogP contribution in [0.5, 0.6) is 0 Å². The van der Waals surface area contributed by atoms with Gasteiger partial charge in [0.1, 0.15) is 0 Å². The summed E-state index contributed by atoms with van der Waals surface area (Å²) >= 11 is 0. The Labute approximate surface area is 236 Å². The minimum absolute atomic E-state index is 0. The van der Waals surface area contributed by atoms with Gasteiger partial charge in [-0.15, -0.1) is 24.8 Å². The molecule has 3 aromatic carbocycles. The molecule has 2 aliphatic rings. The number of aliphatic hydroxyl groups excluding tert-OH is 1. The number of rotatable bonds is 8. The fraction of sp³-hybridized carbons (Fsp3) is 0.333. The third-order valence-electron chi connectivity index (χ3n) is 7.67. The average molecular weight is 557 g/mol. The molecule has 6 nitrogen and oxygen atoms in total. The number of anilines is 1. The first-order valence-electron chi connectivity index (χ1n) is 12.8. The largest absolute Gasteiger partial charge is 0.396 e. The maximum absolute atomic E-state index is 11.3. The van der Waals surface area contributed by atoms with Gasteiger partial charge < -0.3 is 15.3 Å². The molecule has 1 unspecified atom stereocenters. The molecule has 0 saturated carbocycles. The van der Waals surface area contributed by atoms with E-state index >= 15 is 0 Å². The molecular weight excluding hydrogens is 521 g/mol. The van der Waals surface area contributed by atoms with Crippen LogP contribution in [0.4, 0.5) is 11.4 Å². The molecular formula is C30H35Cl2N3O3. The molecule has 8 heteroatoms. The van der Waals surface area contributed by atoms with Crippen molar-refractivity contribution < 1.29 is 10.0 Å². The summed E-state index contributed by atoms with van der Waals surface area (Å²) in [5.41, 5.74) is 7.00. The van der Waals surface area contributed by atoms with Crippen molar-refractivity contribution in [2.45, 2.75) is 25.7 Å². The Hall–Kier alpha value is -2.90. The molecule has 2 N–H and O–H groups in total. The predicted molar refractivity (Wildman–Crippen MR) is 159 cm³/mol. The van der Waals surface area contributed by atoms with Crippen LogP contribution in [0.2, 0.25) is 0 Å². The molecule has 0 bridgehead atoms. The van der Waals surface area contributed by atoms with E-state index in [0.29, 0.717) is 18.3 Å². The Kier molecular flexibility index (Phi) is 10.3. The molecule has 202 valence electrons. The molecule has 2 fully saturated rings. The van der Waals surface area contributed by atoms with Crippen LogP contribution in [-0.2, 0) is 0 Å². The van der Waals surface area contributed by atoms with E-state index in [-0.39, 0.29) is 42.0 Å². The van der Waals surface area contributed by atoms with E-state index in [1.165, 1.54) is 18.5 Å². The highest BCUT2D eigenvalue weighted by atomic mass is 35.5. The Balaban J connectivity index is 0.00000200. The first kappa shape index (κ1) is 29.7. The smallest absolute Gasteiger partial charge is 0.269 e. The van der Waals surface area contributed by atoms with Crippen LogP contribution in [0, 0.1) is 15.5 Å². The zero-order valence-electron chi connectivity index (χ0n) is 21.3. The van der Waals surface area contributed by atoms with Gasteiger partial charge in [-0.1, -0.05) is 42.5 Å². The van der Waals surface area contributed by atoms with Crippen molar-refractivity contribution >= 4 is 47.3 Å². The van der Waals surface area contributed by atoms with E-state index < -0.39 is 0 Å². The Morgan fingerprint density at radius 1 is 0.921 bits per heavy atom. The fourth-order valence-electron chi connectivity index (χ4n) is 5.71. The standard InChI is InChI=1S/C30H33N3O3.2ClH/c34-20-4-7-28(23-5-2-1-3-6-23)29(25-10-14-27(15-11-25)33(35)36)24-8-12-26(13-9-24)32-19-17-30(22-32)16-18-31-21-30;;/h1-3,5-6,8-15,31,34H,4,7,16-22H2;2*1H/b29-28+;;. The van der Waals surface area contributed by atoms with Gasteiger partial charge in [-0.3, -0.25) is 10.1 Å². The Bertz CT molecular complexity index is 1230. The third-order valence-corrected chi connectivity index (χ3v) is 7.67. The van der Waals surface area contributed by atoms with Crippen LogP contribution in [-0.4, -0.2) is 42.8 Å². The molecule has 1 atom stereocenters. The highest BCUT2D eigenvalue weighted by molar-refractivity contribution is 5.99. The Morgan fingerprint density at radius 3 is 2.16 bits per heavy atom. The van der Waals surface area contributed by atoms with E-state index in [1.807, 2.05) is 30.3 Å². The normalized spacial score (nSPS) is 19.0. The summed E-state index contributed by atoms with van der Waals surface area (Å²) in [5, 5.41) is 24.4. The van der Waals surface area contributed by atoms with Crippen molar-refractivity contribution in [1.82, 2.24) is 5.32 Å². The van der Waals surface area contributed by atoms with Crippen molar-refractivity contribution in [3.8, 4) is 0 Å². The molecule has 2 heterocycles. The molecule has 0 radical (unpaired) electrons. The summed E-state index contributed by atoms with van der Waals surface area (Å²) in [4.78, 5) is 13.4. The molecule has 1 spiro atoms. The minimum Gasteiger partial charge on any atom is -0.396 e. The maximum Gasteiger partial charge on any atom is 0.269 e. The molecule has 0 amide bonds. The fourth-order valence-corrected chi connectivity index (χ4v) is 5.71. The summed E-state index contributed by atoms with van der Waals surface area (Å²) in [6.45, 7) is 4.51. The highest BCUT2D eigenvalue weighted by Gasteiger charge is 2.40. The van der Waals surface area contributed by atoms with Crippen molar-refractivity contribution in [2.75, 3.05) is 37.7 Å². The second-order valence-electron chi connectivity index (χ2n) is 10.00. The summed E-state index contributed by atoms with van der Waals surface area (Å²) in [6.07, 6.45) is 3.83.